The third-order valence-electron chi connectivity index (χ3n) is 6.19. The van der Waals surface area contributed by atoms with E-state index >= 15 is 0 Å². The first-order valence-corrected chi connectivity index (χ1v) is 11.9. The van der Waals surface area contributed by atoms with Crippen molar-refractivity contribution >= 4 is 11.0 Å². The van der Waals surface area contributed by atoms with E-state index in [0.29, 0.717) is 7.18 Å². The fourth-order valence-corrected chi connectivity index (χ4v) is 4.69. The Labute approximate surface area is 206 Å². The van der Waals surface area contributed by atoms with E-state index in [0.717, 1.165) is 53.1 Å². The number of allylic oxidation sites excluding steroid dienone is 1. The molecule has 1 atom stereocenters. The number of hydrogen-bond acceptors (Lipinski definition) is 5. The lowest BCUT2D eigenvalue weighted by molar-refractivity contribution is 0.417. The molecule has 0 amide bonds. The van der Waals surface area contributed by atoms with Gasteiger partial charge in [-0.1, -0.05) is 20.4 Å². The maximum Gasteiger partial charge on any atom is 0.137 e. The Kier molecular flexibility index (Phi) is 8.76. The van der Waals surface area contributed by atoms with Crippen molar-refractivity contribution in [2.45, 2.75) is 45.6 Å². The second-order valence-electron chi connectivity index (χ2n) is 8.39. The standard InChI is InChI=1S/C21H20N6.C3H6O.C2H6.CH3F/c1-5-22-6-2-14(1)17-12-25-20-16(17)9-15(11-24-20)18-10-19-21(3-7-23-13-21)4-8-27(19)26-18;1-3(2)4;2*1-2/h1-2,5-6,9-12,23H,3-4,7-8,13H2,(H,24,25);4H,1H2,2H3;1-2H3;1H3. The molecular weight excluding hydrogens is 443 g/mol. The van der Waals surface area contributed by atoms with Crippen molar-refractivity contribution in [2.24, 2.45) is 0 Å². The lowest BCUT2D eigenvalue weighted by Gasteiger charge is -2.20. The van der Waals surface area contributed by atoms with Gasteiger partial charge in [0.05, 0.1) is 18.6 Å². The molecule has 6 rings (SSSR count). The molecule has 0 aromatic carbocycles. The van der Waals surface area contributed by atoms with E-state index in [1.54, 1.807) is 0 Å². The van der Waals surface area contributed by atoms with Crippen LogP contribution in [0.4, 0.5) is 4.39 Å². The van der Waals surface area contributed by atoms with Crippen LogP contribution in [0.3, 0.4) is 0 Å². The van der Waals surface area contributed by atoms with Gasteiger partial charge in [-0.15, -0.1) is 0 Å². The van der Waals surface area contributed by atoms with Crippen molar-refractivity contribution in [3.05, 3.63) is 67.1 Å². The Balaban J connectivity index is 0.000000385. The van der Waals surface area contributed by atoms with Gasteiger partial charge in [-0.3, -0.25) is 14.1 Å². The van der Waals surface area contributed by atoms with Crippen LogP contribution < -0.4 is 5.32 Å². The van der Waals surface area contributed by atoms with E-state index in [-0.39, 0.29) is 11.2 Å². The SMILES string of the molecule is C=C(C)O.CC.CF.c1cc(-c2c[nH]c3ncc(-c4cc5n(n4)CCC54CCNC4)cc23)ccn1. The van der Waals surface area contributed by atoms with E-state index < -0.39 is 0 Å². The lowest BCUT2D eigenvalue weighted by Crippen LogP contribution is -2.25. The number of halogens is 1. The minimum Gasteiger partial charge on any atom is -0.513 e. The van der Waals surface area contributed by atoms with Gasteiger partial charge in [0.25, 0.3) is 0 Å². The van der Waals surface area contributed by atoms with Crippen LogP contribution in [0.15, 0.2) is 61.4 Å². The number of rotatable bonds is 2. The number of alkyl halides is 1. The van der Waals surface area contributed by atoms with Gasteiger partial charge in [0.2, 0.25) is 0 Å². The zero-order valence-corrected chi connectivity index (χ0v) is 21.0. The maximum atomic E-state index is 9.50. The third-order valence-corrected chi connectivity index (χ3v) is 6.19. The molecule has 1 spiro atoms. The molecule has 2 aliphatic rings. The van der Waals surface area contributed by atoms with Crippen LogP contribution in [0.2, 0.25) is 0 Å². The molecule has 1 unspecified atom stereocenters. The zero-order valence-electron chi connectivity index (χ0n) is 21.0. The highest BCUT2D eigenvalue weighted by Gasteiger charge is 2.42. The van der Waals surface area contributed by atoms with E-state index in [4.69, 9.17) is 10.2 Å². The molecule has 0 saturated carbocycles. The maximum absolute atomic E-state index is 9.50. The molecular formula is C27H35FN6O. The number of H-pyrrole nitrogens is 1. The van der Waals surface area contributed by atoms with Gasteiger partial charge < -0.3 is 15.4 Å². The van der Waals surface area contributed by atoms with Crippen LogP contribution in [0, 0.1) is 0 Å². The first-order valence-electron chi connectivity index (χ1n) is 11.9. The molecule has 186 valence electrons. The second-order valence-corrected chi connectivity index (χ2v) is 8.39. The summed E-state index contributed by atoms with van der Waals surface area (Å²) in [6.45, 7) is 11.8. The van der Waals surface area contributed by atoms with Crippen LogP contribution >= 0.6 is 0 Å². The molecule has 1 fully saturated rings. The number of nitrogens with zero attached hydrogens (tertiary/aromatic N) is 4. The highest BCUT2D eigenvalue weighted by atomic mass is 19.1. The Morgan fingerprint density at radius 2 is 1.86 bits per heavy atom. The predicted molar refractivity (Wildman–Crippen MR) is 140 cm³/mol. The summed E-state index contributed by atoms with van der Waals surface area (Å²) >= 11 is 0. The van der Waals surface area contributed by atoms with Crippen LogP contribution in [-0.4, -0.2) is 50.1 Å². The van der Waals surface area contributed by atoms with Gasteiger partial charge in [-0.2, -0.15) is 5.10 Å². The van der Waals surface area contributed by atoms with Crippen molar-refractivity contribution in [1.29, 1.82) is 0 Å². The highest BCUT2D eigenvalue weighted by Crippen LogP contribution is 2.41. The molecule has 4 aromatic rings. The average Bonchev–Trinajstić information content (AvgIpc) is 3.68. The van der Waals surface area contributed by atoms with Crippen molar-refractivity contribution in [1.82, 2.24) is 30.0 Å². The van der Waals surface area contributed by atoms with Crippen LogP contribution in [0.5, 0.6) is 0 Å². The summed E-state index contributed by atoms with van der Waals surface area (Å²) in [5.74, 6) is 0.167. The normalized spacial score (nSPS) is 17.5. The van der Waals surface area contributed by atoms with Gasteiger partial charge in [0.15, 0.2) is 0 Å². The number of aliphatic hydroxyl groups excluding tert-OH is 1. The number of aryl methyl sites for hydroxylation is 1. The molecule has 6 heterocycles. The molecule has 8 heteroatoms. The molecule has 35 heavy (non-hydrogen) atoms. The second kappa shape index (κ2) is 11.8. The smallest absolute Gasteiger partial charge is 0.137 e. The van der Waals surface area contributed by atoms with Crippen molar-refractivity contribution in [2.75, 3.05) is 20.3 Å². The fourth-order valence-electron chi connectivity index (χ4n) is 4.69. The zero-order chi connectivity index (χ0) is 25.4. The summed E-state index contributed by atoms with van der Waals surface area (Å²) in [6.07, 6.45) is 9.99. The molecule has 0 bridgehead atoms. The first-order chi connectivity index (χ1) is 17.1. The summed E-state index contributed by atoms with van der Waals surface area (Å²) in [5.41, 5.74) is 6.93. The first kappa shape index (κ1) is 26.1. The largest absolute Gasteiger partial charge is 0.513 e. The van der Waals surface area contributed by atoms with Gasteiger partial charge in [-0.25, -0.2) is 4.98 Å². The average molecular weight is 479 g/mol. The summed E-state index contributed by atoms with van der Waals surface area (Å²) in [6, 6.07) is 8.53. The summed E-state index contributed by atoms with van der Waals surface area (Å²) < 4.78 is 11.7. The highest BCUT2D eigenvalue weighted by molar-refractivity contribution is 5.95. The molecule has 7 nitrogen and oxygen atoms in total. The predicted octanol–water partition coefficient (Wildman–Crippen LogP) is 5.81. The Morgan fingerprint density at radius 3 is 2.51 bits per heavy atom. The fraction of sp³-hybridized carbons (Fsp3) is 0.370. The number of hydrogen-bond donors (Lipinski definition) is 3. The van der Waals surface area contributed by atoms with Crippen molar-refractivity contribution < 1.29 is 9.50 Å². The van der Waals surface area contributed by atoms with Crippen molar-refractivity contribution in [3.63, 3.8) is 0 Å². The van der Waals surface area contributed by atoms with E-state index in [2.05, 4.69) is 43.7 Å². The van der Waals surface area contributed by atoms with Gasteiger partial charge in [0.1, 0.15) is 5.65 Å². The van der Waals surface area contributed by atoms with Crippen LogP contribution in [0.1, 0.15) is 39.3 Å². The number of aliphatic hydroxyl groups is 1. The number of nitrogens with one attached hydrogen (secondary N) is 2. The third kappa shape index (κ3) is 5.43. The van der Waals surface area contributed by atoms with Gasteiger partial charge >= 0.3 is 0 Å². The monoisotopic (exact) mass is 478 g/mol. The molecule has 3 N–H and O–H groups in total. The van der Waals surface area contributed by atoms with Crippen LogP contribution in [0.25, 0.3) is 33.4 Å². The topological polar surface area (TPSA) is 91.6 Å². The molecule has 2 aliphatic heterocycles. The van der Waals surface area contributed by atoms with Gasteiger partial charge in [0, 0.05) is 65.5 Å². The van der Waals surface area contributed by atoms with Crippen molar-refractivity contribution in [3.8, 4) is 22.4 Å². The minimum atomic E-state index is 0.167. The number of aromatic nitrogens is 5. The number of fused-ring (bicyclic) bond motifs is 3. The molecule has 1 saturated heterocycles. The van der Waals surface area contributed by atoms with E-state index in [1.807, 2.05) is 50.8 Å². The molecule has 0 radical (unpaired) electrons. The van der Waals surface area contributed by atoms with Crippen LogP contribution in [-0.2, 0) is 12.0 Å². The van der Waals surface area contributed by atoms with Gasteiger partial charge in [-0.05, 0) is 56.1 Å². The molecule has 0 aliphatic carbocycles. The summed E-state index contributed by atoms with van der Waals surface area (Å²) in [5, 5.41) is 17.4. The quantitative estimate of drug-likeness (QED) is 0.316. The van der Waals surface area contributed by atoms with E-state index in [9.17, 15) is 4.39 Å². The summed E-state index contributed by atoms with van der Waals surface area (Å²) in [4.78, 5) is 12.0. The lowest BCUT2D eigenvalue weighted by atomic mass is 9.82. The summed E-state index contributed by atoms with van der Waals surface area (Å²) in [7, 11) is 0.500. The Morgan fingerprint density at radius 1 is 1.14 bits per heavy atom. The van der Waals surface area contributed by atoms with E-state index in [1.165, 1.54) is 25.5 Å². The Hall–Kier alpha value is -3.52. The Bertz CT molecular complexity index is 1240. The minimum absolute atomic E-state index is 0.167. The molecule has 4 aromatic heterocycles. The number of aromatic amines is 1. The number of pyridine rings is 2.